The van der Waals surface area contributed by atoms with E-state index in [1.54, 1.807) is 14.7 Å². The monoisotopic (exact) mass is 555 g/mol. The van der Waals surface area contributed by atoms with Crippen LogP contribution in [0.2, 0.25) is 0 Å². The van der Waals surface area contributed by atoms with Crippen molar-refractivity contribution in [2.24, 2.45) is 17.8 Å². The van der Waals surface area contributed by atoms with Crippen molar-refractivity contribution >= 4 is 29.1 Å². The zero-order valence-corrected chi connectivity index (χ0v) is 23.9. The Labute approximate surface area is 240 Å². The Balaban J connectivity index is 1.50. The number of aliphatic hydroxyl groups is 1. The van der Waals surface area contributed by atoms with Crippen LogP contribution in [-0.2, 0) is 19.1 Å². The SMILES string of the molecule is Cc1cccc(C)c1N1CC=C[C@]23O[C@H]4C=CCN(c5ccccc5)C(=O)[C@H]4[C@H]2C(=O)N([C@@H](CO)C(C)C)C3C1=O. The number of aliphatic hydroxyl groups excluding tert-OH is 1. The number of para-hydroxylation sites is 2. The Morgan fingerprint density at radius 3 is 2.24 bits per heavy atom. The van der Waals surface area contributed by atoms with Crippen LogP contribution < -0.4 is 9.80 Å². The van der Waals surface area contributed by atoms with Crippen LogP contribution in [0.4, 0.5) is 11.4 Å². The lowest BCUT2D eigenvalue weighted by Crippen LogP contribution is -2.59. The summed E-state index contributed by atoms with van der Waals surface area (Å²) in [6.07, 6.45) is 6.85. The minimum atomic E-state index is -1.35. The fourth-order valence-electron chi connectivity index (χ4n) is 7.33. The maximum atomic E-state index is 14.7. The molecule has 2 fully saturated rings. The molecule has 4 heterocycles. The molecule has 2 saturated heterocycles. The van der Waals surface area contributed by atoms with Crippen LogP contribution in [0.3, 0.4) is 0 Å². The molecule has 0 saturated carbocycles. The van der Waals surface area contributed by atoms with Gasteiger partial charge in [-0.2, -0.15) is 0 Å². The van der Waals surface area contributed by atoms with Gasteiger partial charge in [0, 0.05) is 24.5 Å². The van der Waals surface area contributed by atoms with E-state index in [1.165, 1.54) is 0 Å². The molecule has 2 aromatic rings. The summed E-state index contributed by atoms with van der Waals surface area (Å²) in [7, 11) is 0. The van der Waals surface area contributed by atoms with Crippen molar-refractivity contribution in [3.63, 3.8) is 0 Å². The zero-order valence-electron chi connectivity index (χ0n) is 23.9. The van der Waals surface area contributed by atoms with E-state index in [2.05, 4.69) is 0 Å². The van der Waals surface area contributed by atoms with Gasteiger partial charge in [-0.1, -0.05) is 74.5 Å². The molecule has 1 spiro atoms. The van der Waals surface area contributed by atoms with E-state index < -0.39 is 35.6 Å². The summed E-state index contributed by atoms with van der Waals surface area (Å²) >= 11 is 0. The second-order valence-electron chi connectivity index (χ2n) is 11.9. The average Bonchev–Trinajstić information content (AvgIpc) is 3.26. The minimum Gasteiger partial charge on any atom is -0.394 e. The lowest BCUT2D eigenvalue weighted by atomic mass is 9.77. The van der Waals surface area contributed by atoms with E-state index in [0.29, 0.717) is 13.1 Å². The molecule has 41 heavy (non-hydrogen) atoms. The van der Waals surface area contributed by atoms with E-state index in [1.807, 2.05) is 101 Å². The summed E-state index contributed by atoms with van der Waals surface area (Å²) in [5.41, 5.74) is 2.10. The Hall–Kier alpha value is -3.75. The first-order valence-corrected chi connectivity index (χ1v) is 14.4. The number of fused-ring (bicyclic) bond motifs is 2. The third-order valence-corrected chi connectivity index (χ3v) is 9.19. The highest BCUT2D eigenvalue weighted by atomic mass is 16.5. The van der Waals surface area contributed by atoms with Gasteiger partial charge in [0.05, 0.1) is 30.6 Å². The van der Waals surface area contributed by atoms with E-state index in [4.69, 9.17) is 4.74 Å². The van der Waals surface area contributed by atoms with Crippen molar-refractivity contribution in [1.82, 2.24) is 4.90 Å². The molecule has 6 rings (SSSR count). The quantitative estimate of drug-likeness (QED) is 0.572. The van der Waals surface area contributed by atoms with Crippen LogP contribution in [-0.4, -0.2) is 71.2 Å². The van der Waals surface area contributed by atoms with E-state index >= 15 is 0 Å². The number of rotatable bonds is 5. The number of hydrogen-bond donors (Lipinski definition) is 1. The second-order valence-corrected chi connectivity index (χ2v) is 11.9. The summed E-state index contributed by atoms with van der Waals surface area (Å²) in [5, 5.41) is 10.5. The lowest BCUT2D eigenvalue weighted by Gasteiger charge is -2.40. The summed E-state index contributed by atoms with van der Waals surface area (Å²) in [6.45, 7) is 8.15. The predicted molar refractivity (Wildman–Crippen MR) is 156 cm³/mol. The molecule has 0 aliphatic carbocycles. The molecule has 4 aliphatic heterocycles. The predicted octanol–water partition coefficient (Wildman–Crippen LogP) is 3.41. The Morgan fingerprint density at radius 1 is 0.902 bits per heavy atom. The molecule has 8 heteroatoms. The first kappa shape index (κ1) is 27.4. The molecule has 214 valence electrons. The molecule has 4 aliphatic rings. The number of hydrogen-bond acceptors (Lipinski definition) is 5. The van der Waals surface area contributed by atoms with Crippen molar-refractivity contribution < 1.29 is 24.2 Å². The number of likely N-dealkylation sites (tertiary alicyclic amines) is 1. The van der Waals surface area contributed by atoms with Crippen molar-refractivity contribution in [3.05, 3.63) is 84.0 Å². The fraction of sp³-hybridized carbons (Fsp3) is 0.424. The smallest absolute Gasteiger partial charge is 0.253 e. The number of aryl methyl sites for hydroxylation is 2. The number of anilines is 2. The van der Waals surface area contributed by atoms with Crippen LogP contribution in [0.1, 0.15) is 25.0 Å². The average molecular weight is 556 g/mol. The Morgan fingerprint density at radius 2 is 1.59 bits per heavy atom. The van der Waals surface area contributed by atoms with Crippen LogP contribution >= 0.6 is 0 Å². The van der Waals surface area contributed by atoms with Gasteiger partial charge in [-0.25, -0.2) is 0 Å². The highest BCUT2D eigenvalue weighted by Gasteiger charge is 2.72. The van der Waals surface area contributed by atoms with Crippen LogP contribution in [0, 0.1) is 31.6 Å². The van der Waals surface area contributed by atoms with Gasteiger partial charge in [-0.05, 0) is 43.0 Å². The number of ether oxygens (including phenoxy) is 1. The van der Waals surface area contributed by atoms with Crippen molar-refractivity contribution in [3.8, 4) is 0 Å². The number of amides is 3. The first-order chi connectivity index (χ1) is 19.7. The molecule has 2 aromatic carbocycles. The molecule has 1 N–H and O–H groups in total. The largest absolute Gasteiger partial charge is 0.394 e. The van der Waals surface area contributed by atoms with Crippen LogP contribution in [0.25, 0.3) is 0 Å². The lowest BCUT2D eigenvalue weighted by molar-refractivity contribution is -0.145. The highest BCUT2D eigenvalue weighted by molar-refractivity contribution is 6.08. The fourth-order valence-corrected chi connectivity index (χ4v) is 7.33. The van der Waals surface area contributed by atoms with Crippen LogP contribution in [0.15, 0.2) is 72.8 Å². The Bertz CT molecular complexity index is 1420. The molecule has 8 nitrogen and oxygen atoms in total. The van der Waals surface area contributed by atoms with E-state index in [9.17, 15) is 19.5 Å². The first-order valence-electron chi connectivity index (χ1n) is 14.4. The topological polar surface area (TPSA) is 90.4 Å². The summed E-state index contributed by atoms with van der Waals surface area (Å²) < 4.78 is 6.77. The molecule has 3 amide bonds. The van der Waals surface area contributed by atoms with Gasteiger partial charge in [0.25, 0.3) is 5.91 Å². The van der Waals surface area contributed by atoms with Gasteiger partial charge in [0.15, 0.2) is 0 Å². The molecule has 0 radical (unpaired) electrons. The van der Waals surface area contributed by atoms with Gasteiger partial charge < -0.3 is 24.5 Å². The number of carbonyl (C=O) groups is 3. The third kappa shape index (κ3) is 4.07. The maximum absolute atomic E-state index is 14.7. The van der Waals surface area contributed by atoms with E-state index in [0.717, 1.165) is 22.5 Å². The maximum Gasteiger partial charge on any atom is 0.253 e. The van der Waals surface area contributed by atoms with Gasteiger partial charge in [-0.15, -0.1) is 0 Å². The van der Waals surface area contributed by atoms with Gasteiger partial charge >= 0.3 is 0 Å². The van der Waals surface area contributed by atoms with Crippen molar-refractivity contribution in [2.75, 3.05) is 29.5 Å². The normalized spacial score (nSPS) is 29.9. The standard InChI is InChI=1S/C33H37N3O5/c1-20(2)24(19-37)36-29-32(40)35(28-21(3)11-8-12-22(28)4)18-10-16-33(29)27(31(36)39)26-25(41-33)15-9-17-34(30(26)38)23-13-6-5-7-14-23/h5-16,20,24-27,29,37H,17-19H2,1-4H3/t24-,25-,26+,27-,29?,33-/m0/s1. The number of benzene rings is 2. The number of nitrogens with zero attached hydrogens (tertiary/aromatic N) is 3. The van der Waals surface area contributed by atoms with Crippen LogP contribution in [0.5, 0.6) is 0 Å². The second kappa shape index (κ2) is 10.3. The molecule has 0 bridgehead atoms. The van der Waals surface area contributed by atoms with E-state index in [-0.39, 0.29) is 30.2 Å². The van der Waals surface area contributed by atoms with Gasteiger partial charge in [0.2, 0.25) is 11.8 Å². The number of carbonyl (C=O) groups excluding carboxylic acids is 3. The highest BCUT2D eigenvalue weighted by Crippen LogP contribution is 2.54. The molecular weight excluding hydrogens is 518 g/mol. The van der Waals surface area contributed by atoms with Crippen molar-refractivity contribution in [2.45, 2.75) is 51.5 Å². The van der Waals surface area contributed by atoms with Gasteiger partial charge in [-0.3, -0.25) is 14.4 Å². The third-order valence-electron chi connectivity index (χ3n) is 9.19. The zero-order chi connectivity index (χ0) is 29.1. The summed E-state index contributed by atoms with van der Waals surface area (Å²) in [4.78, 5) is 48.5. The molecular formula is C33H37N3O5. The molecule has 0 aromatic heterocycles. The Kier molecular flexibility index (Phi) is 6.86. The molecule has 6 atom stereocenters. The summed E-state index contributed by atoms with van der Waals surface area (Å²) in [6, 6.07) is 13.7. The molecule has 1 unspecified atom stereocenters. The van der Waals surface area contributed by atoms with Crippen molar-refractivity contribution in [1.29, 1.82) is 0 Å². The summed E-state index contributed by atoms with van der Waals surface area (Å²) in [5.74, 6) is -2.66. The minimum absolute atomic E-state index is 0.130. The van der Waals surface area contributed by atoms with Gasteiger partial charge in [0.1, 0.15) is 11.6 Å².